The molecule has 0 atom stereocenters. The molecule has 0 radical (unpaired) electrons. The molecule has 1 fully saturated rings. The topological polar surface area (TPSA) is 85.6 Å². The number of carbonyl (C=O) groups excluding carboxylic acids is 1. The van der Waals surface area contributed by atoms with Crippen LogP contribution >= 0.6 is 11.6 Å². The summed E-state index contributed by atoms with van der Waals surface area (Å²) >= 11 is 6.03. The Morgan fingerprint density at radius 1 is 1.22 bits per heavy atom. The summed E-state index contributed by atoms with van der Waals surface area (Å²) in [7, 11) is 0. The van der Waals surface area contributed by atoms with Gasteiger partial charge in [0.15, 0.2) is 0 Å². The predicted molar refractivity (Wildman–Crippen MR) is 103 cm³/mol. The third-order valence-corrected chi connectivity index (χ3v) is 4.89. The standard InChI is InChI=1S/C18H23ClN4O4/c1-2-22-17(25)14-4-3-13(19)11-15(14)23(18(22)26)12-16(24)20-5-6-21-7-9-27-10-8-21/h3-4,11H,2,5-10,12H2,1H3,(H,20,24). The molecule has 1 aliphatic rings. The Balaban J connectivity index is 1.79. The summed E-state index contributed by atoms with van der Waals surface area (Å²) in [5.74, 6) is -0.284. The first kappa shape index (κ1) is 19.6. The molecule has 2 heterocycles. The number of hydrogen-bond acceptors (Lipinski definition) is 5. The van der Waals surface area contributed by atoms with Crippen LogP contribution in [0.15, 0.2) is 27.8 Å². The van der Waals surface area contributed by atoms with Crippen molar-refractivity contribution in [3.8, 4) is 0 Å². The molecular weight excluding hydrogens is 372 g/mol. The number of nitrogens with one attached hydrogen (secondary N) is 1. The molecule has 1 aromatic heterocycles. The predicted octanol–water partition coefficient (Wildman–Crippen LogP) is 0.285. The van der Waals surface area contributed by atoms with Crippen molar-refractivity contribution in [2.75, 3.05) is 39.4 Å². The summed E-state index contributed by atoms with van der Waals surface area (Å²) in [5, 5.41) is 3.60. The second-order valence-corrected chi connectivity index (χ2v) is 6.82. The number of fused-ring (bicyclic) bond motifs is 1. The SMILES string of the molecule is CCn1c(=O)c2ccc(Cl)cc2n(CC(=O)NCCN2CCOCC2)c1=O. The van der Waals surface area contributed by atoms with Crippen LogP contribution in [0.3, 0.4) is 0 Å². The Bertz CT molecular complexity index is 947. The van der Waals surface area contributed by atoms with Gasteiger partial charge in [-0.2, -0.15) is 0 Å². The van der Waals surface area contributed by atoms with Gasteiger partial charge in [-0.1, -0.05) is 11.6 Å². The average Bonchev–Trinajstić information content (AvgIpc) is 2.66. The van der Waals surface area contributed by atoms with Gasteiger partial charge in [-0.25, -0.2) is 4.79 Å². The molecule has 146 valence electrons. The van der Waals surface area contributed by atoms with E-state index in [2.05, 4.69) is 10.2 Å². The quantitative estimate of drug-likeness (QED) is 0.761. The number of rotatable bonds is 6. The molecule has 3 rings (SSSR count). The zero-order valence-electron chi connectivity index (χ0n) is 15.2. The fourth-order valence-electron chi connectivity index (χ4n) is 3.20. The number of hydrogen-bond donors (Lipinski definition) is 1. The number of ether oxygens (including phenoxy) is 1. The van der Waals surface area contributed by atoms with Gasteiger partial charge in [-0.05, 0) is 25.1 Å². The van der Waals surface area contributed by atoms with Crippen molar-refractivity contribution >= 4 is 28.4 Å². The fraction of sp³-hybridized carbons (Fsp3) is 0.500. The lowest BCUT2D eigenvalue weighted by Crippen LogP contribution is -2.44. The first-order chi connectivity index (χ1) is 13.0. The van der Waals surface area contributed by atoms with E-state index >= 15 is 0 Å². The highest BCUT2D eigenvalue weighted by Crippen LogP contribution is 2.15. The number of benzene rings is 1. The molecule has 8 nitrogen and oxygen atoms in total. The number of amides is 1. The van der Waals surface area contributed by atoms with Crippen LogP contribution in [0.4, 0.5) is 0 Å². The Morgan fingerprint density at radius 3 is 2.67 bits per heavy atom. The van der Waals surface area contributed by atoms with Crippen molar-refractivity contribution in [1.82, 2.24) is 19.4 Å². The first-order valence-corrected chi connectivity index (χ1v) is 9.38. The molecule has 2 aromatic rings. The first-order valence-electron chi connectivity index (χ1n) is 9.01. The summed E-state index contributed by atoms with van der Waals surface area (Å²) in [6, 6.07) is 4.72. The van der Waals surface area contributed by atoms with Crippen LogP contribution in [0, 0.1) is 0 Å². The lowest BCUT2D eigenvalue weighted by atomic mass is 10.2. The number of carbonyl (C=O) groups is 1. The third-order valence-electron chi connectivity index (χ3n) is 4.66. The fourth-order valence-corrected chi connectivity index (χ4v) is 3.37. The largest absolute Gasteiger partial charge is 0.379 e. The van der Waals surface area contributed by atoms with Gasteiger partial charge < -0.3 is 10.1 Å². The van der Waals surface area contributed by atoms with Gasteiger partial charge in [0, 0.05) is 37.7 Å². The summed E-state index contributed by atoms with van der Waals surface area (Å²) in [4.78, 5) is 39.7. The second-order valence-electron chi connectivity index (χ2n) is 6.38. The van der Waals surface area contributed by atoms with Gasteiger partial charge >= 0.3 is 5.69 Å². The molecule has 1 N–H and O–H groups in total. The molecule has 1 aromatic carbocycles. The van der Waals surface area contributed by atoms with Crippen molar-refractivity contribution < 1.29 is 9.53 Å². The van der Waals surface area contributed by atoms with Crippen LogP contribution in [0.2, 0.25) is 5.02 Å². The van der Waals surface area contributed by atoms with Gasteiger partial charge in [-0.15, -0.1) is 0 Å². The van der Waals surface area contributed by atoms with Crippen LogP contribution in [0.5, 0.6) is 0 Å². The van der Waals surface area contributed by atoms with Crippen LogP contribution in [-0.4, -0.2) is 59.3 Å². The highest BCUT2D eigenvalue weighted by Gasteiger charge is 2.15. The number of halogens is 1. The van der Waals surface area contributed by atoms with E-state index in [1.54, 1.807) is 25.1 Å². The highest BCUT2D eigenvalue weighted by molar-refractivity contribution is 6.31. The van der Waals surface area contributed by atoms with E-state index in [1.165, 1.54) is 4.57 Å². The maximum Gasteiger partial charge on any atom is 0.331 e. The number of aromatic nitrogens is 2. The molecule has 1 saturated heterocycles. The third kappa shape index (κ3) is 4.40. The van der Waals surface area contributed by atoms with Gasteiger partial charge in [0.2, 0.25) is 5.91 Å². The van der Waals surface area contributed by atoms with Gasteiger partial charge in [-0.3, -0.25) is 23.6 Å². The van der Waals surface area contributed by atoms with E-state index in [9.17, 15) is 14.4 Å². The molecule has 0 aliphatic carbocycles. The molecule has 9 heteroatoms. The lowest BCUT2D eigenvalue weighted by molar-refractivity contribution is -0.121. The normalized spacial score (nSPS) is 15.2. The van der Waals surface area contributed by atoms with Crippen LogP contribution < -0.4 is 16.6 Å². The molecular formula is C18H23ClN4O4. The minimum absolute atomic E-state index is 0.168. The van der Waals surface area contributed by atoms with E-state index in [4.69, 9.17) is 16.3 Å². The number of morpholine rings is 1. The van der Waals surface area contributed by atoms with Crippen molar-refractivity contribution in [3.05, 3.63) is 44.1 Å². The summed E-state index contributed by atoms with van der Waals surface area (Å²) in [5.41, 5.74) is -0.524. The van der Waals surface area contributed by atoms with Crippen LogP contribution in [-0.2, 0) is 22.6 Å². The zero-order chi connectivity index (χ0) is 19.4. The Morgan fingerprint density at radius 2 is 1.96 bits per heavy atom. The van der Waals surface area contributed by atoms with Crippen LogP contribution in [0.25, 0.3) is 10.9 Å². The van der Waals surface area contributed by atoms with E-state index in [1.807, 2.05) is 0 Å². The van der Waals surface area contributed by atoms with Gasteiger partial charge in [0.05, 0.1) is 24.1 Å². The molecule has 27 heavy (non-hydrogen) atoms. The van der Waals surface area contributed by atoms with E-state index in [0.29, 0.717) is 35.7 Å². The molecule has 0 bridgehead atoms. The minimum Gasteiger partial charge on any atom is -0.379 e. The molecule has 1 aliphatic heterocycles. The summed E-state index contributed by atoms with van der Waals surface area (Å²) in [6.07, 6.45) is 0. The summed E-state index contributed by atoms with van der Waals surface area (Å²) < 4.78 is 7.72. The van der Waals surface area contributed by atoms with Crippen molar-refractivity contribution in [2.24, 2.45) is 0 Å². The van der Waals surface area contributed by atoms with Gasteiger partial charge in [0.1, 0.15) is 6.54 Å². The van der Waals surface area contributed by atoms with Crippen molar-refractivity contribution in [2.45, 2.75) is 20.0 Å². The van der Waals surface area contributed by atoms with Crippen LogP contribution in [0.1, 0.15) is 6.92 Å². The monoisotopic (exact) mass is 394 g/mol. The molecule has 0 spiro atoms. The molecule has 0 unspecified atom stereocenters. The van der Waals surface area contributed by atoms with Crippen molar-refractivity contribution in [1.29, 1.82) is 0 Å². The lowest BCUT2D eigenvalue weighted by Gasteiger charge is -2.26. The summed E-state index contributed by atoms with van der Waals surface area (Å²) in [6.45, 7) is 6.10. The molecule has 0 saturated carbocycles. The van der Waals surface area contributed by atoms with Gasteiger partial charge in [0.25, 0.3) is 5.56 Å². The van der Waals surface area contributed by atoms with E-state index in [0.717, 1.165) is 24.2 Å². The smallest absolute Gasteiger partial charge is 0.331 e. The number of nitrogens with zero attached hydrogens (tertiary/aromatic N) is 3. The Labute approximate surface area is 161 Å². The maximum atomic E-state index is 12.7. The second kappa shape index (κ2) is 8.69. The van der Waals surface area contributed by atoms with Crippen molar-refractivity contribution in [3.63, 3.8) is 0 Å². The Hall–Kier alpha value is -2.16. The maximum absolute atomic E-state index is 12.7. The average molecular weight is 395 g/mol. The minimum atomic E-state index is -0.513. The zero-order valence-corrected chi connectivity index (χ0v) is 16.0. The Kier molecular flexibility index (Phi) is 6.30. The van der Waals surface area contributed by atoms with E-state index < -0.39 is 5.69 Å². The molecule has 1 amide bonds. The van der Waals surface area contributed by atoms with E-state index in [-0.39, 0.29) is 24.6 Å². The highest BCUT2D eigenvalue weighted by atomic mass is 35.5.